The lowest BCUT2D eigenvalue weighted by Gasteiger charge is -2.39. The summed E-state index contributed by atoms with van der Waals surface area (Å²) in [7, 11) is 0. The van der Waals surface area contributed by atoms with E-state index in [1.54, 1.807) is 37.3 Å². The summed E-state index contributed by atoms with van der Waals surface area (Å²) in [4.78, 5) is 25.1. The number of esters is 1. The Morgan fingerprint density at radius 2 is 1.67 bits per heavy atom. The van der Waals surface area contributed by atoms with Crippen molar-refractivity contribution in [2.24, 2.45) is 0 Å². The zero-order valence-electron chi connectivity index (χ0n) is 16.7. The fourth-order valence-corrected chi connectivity index (χ4v) is 4.16. The quantitative estimate of drug-likeness (QED) is 0.518. The Kier molecular flexibility index (Phi) is 6.30. The molecule has 4 N–H and O–H groups in total. The molecule has 0 saturated carbocycles. The molecule has 2 aromatic rings. The Labute approximate surface area is 177 Å². The Morgan fingerprint density at radius 1 is 1.03 bits per heavy atom. The van der Waals surface area contributed by atoms with Crippen molar-refractivity contribution in [3.8, 4) is 10.4 Å². The van der Waals surface area contributed by atoms with Crippen LogP contribution in [0.2, 0.25) is 0 Å². The number of carbonyl (C=O) groups is 2. The maximum atomic E-state index is 12.8. The molecule has 1 unspecified atom stereocenters. The van der Waals surface area contributed by atoms with Crippen LogP contribution in [-0.2, 0) is 24.5 Å². The second kappa shape index (κ2) is 8.44. The molecule has 5 atom stereocenters. The molecule has 0 bridgehead atoms. The number of carboxylic acid groups (broad SMARTS) is 1. The number of thiophene rings is 1. The van der Waals surface area contributed by atoms with Gasteiger partial charge in [0.25, 0.3) is 0 Å². The van der Waals surface area contributed by atoms with Gasteiger partial charge < -0.3 is 29.9 Å². The SMILES string of the molecule is Cc1ccsc1-c1ccc(C(C)(C)C(=O)OC2O[C@H](C(=O)O)[C@@H](O)[C@H](O)[C@H]2O)cc1. The standard InChI is InChI=1S/C21H24O8S/c1-10-8-9-30-17(10)11-4-6-12(7-5-11)21(2,3)20(27)29-19-15(24)13(22)14(23)16(28-19)18(25)26/h4-9,13-16,19,22-24H,1-3H3,(H,25,26)/t13-,14-,15+,16-,19?/m0/s1. The van der Waals surface area contributed by atoms with E-state index >= 15 is 0 Å². The average Bonchev–Trinajstić information content (AvgIpc) is 3.13. The van der Waals surface area contributed by atoms with Gasteiger partial charge in [-0.3, -0.25) is 4.79 Å². The predicted molar refractivity (Wildman–Crippen MR) is 108 cm³/mol. The van der Waals surface area contributed by atoms with E-state index in [2.05, 4.69) is 0 Å². The molecular weight excluding hydrogens is 412 g/mol. The molecule has 3 rings (SSSR count). The summed E-state index contributed by atoms with van der Waals surface area (Å²) >= 11 is 1.62. The number of rotatable bonds is 5. The molecule has 0 radical (unpaired) electrons. The van der Waals surface area contributed by atoms with E-state index in [1.807, 2.05) is 30.5 Å². The molecule has 162 valence electrons. The largest absolute Gasteiger partial charge is 0.479 e. The maximum absolute atomic E-state index is 12.8. The number of aryl methyl sites for hydroxylation is 1. The van der Waals surface area contributed by atoms with E-state index in [4.69, 9.17) is 14.6 Å². The number of carboxylic acids is 1. The van der Waals surface area contributed by atoms with E-state index < -0.39 is 48.1 Å². The van der Waals surface area contributed by atoms with E-state index in [1.165, 1.54) is 0 Å². The molecule has 0 amide bonds. The van der Waals surface area contributed by atoms with Crippen LogP contribution in [0, 0.1) is 6.92 Å². The molecule has 1 aromatic carbocycles. The Balaban J connectivity index is 1.77. The average molecular weight is 436 g/mol. The molecule has 1 saturated heterocycles. The normalized spacial score (nSPS) is 26.9. The summed E-state index contributed by atoms with van der Waals surface area (Å²) in [6.45, 7) is 5.26. The van der Waals surface area contributed by atoms with Crippen LogP contribution in [0.4, 0.5) is 0 Å². The zero-order chi connectivity index (χ0) is 22.2. The van der Waals surface area contributed by atoms with Crippen LogP contribution in [-0.4, -0.2) is 63.1 Å². The van der Waals surface area contributed by atoms with Crippen LogP contribution in [0.5, 0.6) is 0 Å². The fourth-order valence-electron chi connectivity index (χ4n) is 3.23. The van der Waals surface area contributed by atoms with Gasteiger partial charge in [0.2, 0.25) is 6.29 Å². The first-order valence-electron chi connectivity index (χ1n) is 9.32. The monoisotopic (exact) mass is 436 g/mol. The highest BCUT2D eigenvalue weighted by atomic mass is 32.1. The molecule has 0 aliphatic carbocycles. The highest BCUT2D eigenvalue weighted by Crippen LogP contribution is 2.33. The van der Waals surface area contributed by atoms with Crippen molar-refractivity contribution < 1.29 is 39.5 Å². The van der Waals surface area contributed by atoms with Gasteiger partial charge in [-0.2, -0.15) is 0 Å². The van der Waals surface area contributed by atoms with Crippen LogP contribution < -0.4 is 0 Å². The molecule has 1 aliphatic heterocycles. The van der Waals surface area contributed by atoms with E-state index in [-0.39, 0.29) is 0 Å². The van der Waals surface area contributed by atoms with Crippen LogP contribution in [0.1, 0.15) is 25.0 Å². The number of aliphatic hydroxyl groups excluding tert-OH is 3. The lowest BCUT2D eigenvalue weighted by molar-refractivity contribution is -0.287. The van der Waals surface area contributed by atoms with Gasteiger partial charge in [-0.05, 0) is 48.9 Å². The predicted octanol–water partition coefficient (Wildman–Crippen LogP) is 1.44. The van der Waals surface area contributed by atoms with Crippen molar-refractivity contribution in [1.29, 1.82) is 0 Å². The van der Waals surface area contributed by atoms with Gasteiger partial charge in [-0.15, -0.1) is 11.3 Å². The Hall–Kier alpha value is -2.30. The number of ether oxygens (including phenoxy) is 2. The van der Waals surface area contributed by atoms with Crippen LogP contribution >= 0.6 is 11.3 Å². The number of aliphatic carboxylic acids is 1. The van der Waals surface area contributed by atoms with Crippen molar-refractivity contribution in [3.05, 3.63) is 46.8 Å². The molecule has 1 aliphatic rings. The summed E-state index contributed by atoms with van der Waals surface area (Å²) in [5, 5.41) is 40.8. The number of benzene rings is 1. The second-order valence-electron chi connectivity index (χ2n) is 7.78. The van der Waals surface area contributed by atoms with Gasteiger partial charge in [0.15, 0.2) is 6.10 Å². The van der Waals surface area contributed by atoms with Crippen molar-refractivity contribution in [1.82, 2.24) is 0 Å². The van der Waals surface area contributed by atoms with Crippen LogP contribution in [0.15, 0.2) is 35.7 Å². The molecule has 1 aromatic heterocycles. The van der Waals surface area contributed by atoms with Gasteiger partial charge in [0.05, 0.1) is 5.41 Å². The number of hydrogen-bond acceptors (Lipinski definition) is 8. The highest BCUT2D eigenvalue weighted by molar-refractivity contribution is 7.13. The van der Waals surface area contributed by atoms with Gasteiger partial charge in [0, 0.05) is 4.88 Å². The lowest BCUT2D eigenvalue weighted by Crippen LogP contribution is -2.61. The van der Waals surface area contributed by atoms with E-state index in [0.717, 1.165) is 16.0 Å². The number of carbonyl (C=O) groups excluding carboxylic acids is 1. The molecule has 8 nitrogen and oxygen atoms in total. The minimum Gasteiger partial charge on any atom is -0.479 e. The minimum atomic E-state index is -1.85. The van der Waals surface area contributed by atoms with Gasteiger partial charge in [-0.25, -0.2) is 4.79 Å². The molecular formula is C21H24O8S. The van der Waals surface area contributed by atoms with E-state index in [9.17, 15) is 24.9 Å². The summed E-state index contributed by atoms with van der Waals surface area (Å²) in [5.41, 5.74) is 1.67. The molecule has 30 heavy (non-hydrogen) atoms. The summed E-state index contributed by atoms with van der Waals surface area (Å²) in [5.74, 6) is -2.33. The maximum Gasteiger partial charge on any atom is 0.335 e. The van der Waals surface area contributed by atoms with Gasteiger partial charge in [0.1, 0.15) is 18.3 Å². The molecule has 9 heteroatoms. The number of aliphatic hydroxyl groups is 3. The smallest absolute Gasteiger partial charge is 0.335 e. The Bertz CT molecular complexity index is 919. The van der Waals surface area contributed by atoms with Crippen molar-refractivity contribution in [2.45, 2.75) is 56.9 Å². The van der Waals surface area contributed by atoms with Crippen molar-refractivity contribution in [2.75, 3.05) is 0 Å². The molecule has 2 heterocycles. The third-order valence-electron chi connectivity index (χ3n) is 5.28. The summed E-state index contributed by atoms with van der Waals surface area (Å²) in [6, 6.07) is 9.42. The minimum absolute atomic E-state index is 0.645. The van der Waals surface area contributed by atoms with Gasteiger partial charge in [-0.1, -0.05) is 24.3 Å². The molecule has 0 spiro atoms. The van der Waals surface area contributed by atoms with Crippen molar-refractivity contribution >= 4 is 23.3 Å². The topological polar surface area (TPSA) is 134 Å². The van der Waals surface area contributed by atoms with Crippen LogP contribution in [0.25, 0.3) is 10.4 Å². The first-order chi connectivity index (χ1) is 14.0. The fraction of sp³-hybridized carbons (Fsp3) is 0.429. The summed E-state index contributed by atoms with van der Waals surface area (Å²) in [6.07, 6.45) is -9.05. The highest BCUT2D eigenvalue weighted by Gasteiger charge is 2.49. The van der Waals surface area contributed by atoms with Crippen LogP contribution in [0.3, 0.4) is 0 Å². The zero-order valence-corrected chi connectivity index (χ0v) is 17.5. The summed E-state index contributed by atoms with van der Waals surface area (Å²) < 4.78 is 10.2. The molecule has 1 fully saturated rings. The Morgan fingerprint density at radius 3 is 2.20 bits per heavy atom. The lowest BCUT2D eigenvalue weighted by atomic mass is 9.84. The van der Waals surface area contributed by atoms with Crippen molar-refractivity contribution in [3.63, 3.8) is 0 Å². The second-order valence-corrected chi connectivity index (χ2v) is 8.69. The first kappa shape index (κ1) is 22.4. The van der Waals surface area contributed by atoms with Gasteiger partial charge >= 0.3 is 11.9 Å². The third kappa shape index (κ3) is 4.12. The first-order valence-corrected chi connectivity index (χ1v) is 10.2. The number of hydrogen-bond donors (Lipinski definition) is 4. The third-order valence-corrected chi connectivity index (χ3v) is 6.34. The van der Waals surface area contributed by atoms with E-state index in [0.29, 0.717) is 5.56 Å².